The van der Waals surface area contributed by atoms with E-state index in [9.17, 15) is 0 Å². The first-order chi connectivity index (χ1) is 6.84. The summed E-state index contributed by atoms with van der Waals surface area (Å²) in [6, 6.07) is 10.4. The van der Waals surface area contributed by atoms with Crippen molar-refractivity contribution in [3.05, 3.63) is 40.9 Å². The first kappa shape index (κ1) is 9.68. The molecule has 0 fully saturated rings. The maximum absolute atomic E-state index is 4.30. The number of hydrogen-bond acceptors (Lipinski definition) is 4. The topological polar surface area (TPSA) is 25.8 Å². The molecule has 0 radical (unpaired) electrons. The maximum atomic E-state index is 4.30. The Balaban J connectivity index is 1.95. The molecular formula is C10H10N2S2. The van der Waals surface area contributed by atoms with E-state index in [0.29, 0.717) is 0 Å². The van der Waals surface area contributed by atoms with Crippen LogP contribution in [0, 0.1) is 6.92 Å². The second-order valence-corrected chi connectivity index (χ2v) is 4.77. The normalized spacial score (nSPS) is 10.4. The fraction of sp³-hybridized carbons (Fsp3) is 0.200. The van der Waals surface area contributed by atoms with Gasteiger partial charge in [-0.05, 0) is 24.0 Å². The van der Waals surface area contributed by atoms with Crippen LogP contribution in [-0.4, -0.2) is 9.36 Å². The molecule has 4 heteroatoms. The van der Waals surface area contributed by atoms with Crippen LogP contribution in [0.5, 0.6) is 0 Å². The summed E-state index contributed by atoms with van der Waals surface area (Å²) in [4.78, 5) is 4.30. The molecule has 14 heavy (non-hydrogen) atoms. The minimum absolute atomic E-state index is 0.886. The Morgan fingerprint density at radius 3 is 2.71 bits per heavy atom. The van der Waals surface area contributed by atoms with E-state index in [1.165, 1.54) is 17.1 Å². The Hall–Kier alpha value is -0.870. The summed E-state index contributed by atoms with van der Waals surface area (Å²) >= 11 is 3.14. The molecule has 1 aromatic heterocycles. The van der Waals surface area contributed by atoms with Gasteiger partial charge in [0.05, 0.1) is 0 Å². The van der Waals surface area contributed by atoms with Crippen LogP contribution in [0.3, 0.4) is 0 Å². The van der Waals surface area contributed by atoms with E-state index >= 15 is 0 Å². The van der Waals surface area contributed by atoms with Gasteiger partial charge in [0.25, 0.3) is 0 Å². The zero-order valence-electron chi connectivity index (χ0n) is 7.80. The number of hydrogen-bond donors (Lipinski definition) is 0. The first-order valence-electron chi connectivity index (χ1n) is 4.31. The van der Waals surface area contributed by atoms with E-state index in [0.717, 1.165) is 15.9 Å². The van der Waals surface area contributed by atoms with Crippen LogP contribution in [0.1, 0.15) is 10.6 Å². The highest BCUT2D eigenvalue weighted by molar-refractivity contribution is 7.98. The van der Waals surface area contributed by atoms with Crippen LogP contribution in [-0.2, 0) is 5.75 Å². The molecule has 2 aromatic rings. The van der Waals surface area contributed by atoms with Gasteiger partial charge in [-0.3, -0.25) is 0 Å². The Kier molecular flexibility index (Phi) is 3.16. The highest BCUT2D eigenvalue weighted by atomic mass is 32.2. The van der Waals surface area contributed by atoms with Crippen LogP contribution < -0.4 is 0 Å². The van der Waals surface area contributed by atoms with Crippen molar-refractivity contribution in [2.75, 3.05) is 0 Å². The summed E-state index contributed by atoms with van der Waals surface area (Å²) in [5, 5.41) is 1.91. The van der Waals surface area contributed by atoms with Crippen molar-refractivity contribution in [1.82, 2.24) is 9.36 Å². The summed E-state index contributed by atoms with van der Waals surface area (Å²) in [5.41, 5.74) is 1.31. The lowest BCUT2D eigenvalue weighted by molar-refractivity contribution is 1.05. The van der Waals surface area contributed by atoms with Crippen LogP contribution in [0.2, 0.25) is 0 Å². The van der Waals surface area contributed by atoms with Crippen LogP contribution in [0.25, 0.3) is 0 Å². The SMILES string of the molecule is Cc1nc(SCc2ccccc2)ns1. The zero-order chi connectivity index (χ0) is 9.80. The van der Waals surface area contributed by atoms with Crippen molar-refractivity contribution in [2.24, 2.45) is 0 Å². The standard InChI is InChI=1S/C10H10N2S2/c1-8-11-10(12-14-8)13-7-9-5-3-2-4-6-9/h2-6H,7H2,1H3. The smallest absolute Gasteiger partial charge is 0.200 e. The Bertz CT molecular complexity index is 398. The average molecular weight is 222 g/mol. The van der Waals surface area contributed by atoms with Gasteiger partial charge in [0.1, 0.15) is 5.01 Å². The Morgan fingerprint density at radius 2 is 2.07 bits per heavy atom. The molecule has 0 aliphatic rings. The number of aryl methyl sites for hydroxylation is 1. The zero-order valence-corrected chi connectivity index (χ0v) is 9.44. The van der Waals surface area contributed by atoms with Gasteiger partial charge in [-0.1, -0.05) is 42.1 Å². The van der Waals surface area contributed by atoms with E-state index in [2.05, 4.69) is 33.6 Å². The van der Waals surface area contributed by atoms with E-state index in [-0.39, 0.29) is 0 Å². The van der Waals surface area contributed by atoms with Gasteiger partial charge in [0, 0.05) is 5.75 Å². The third-order valence-corrected chi connectivity index (χ3v) is 3.37. The van der Waals surface area contributed by atoms with Gasteiger partial charge in [0.15, 0.2) is 0 Å². The molecule has 0 amide bonds. The molecule has 0 saturated heterocycles. The average Bonchev–Trinajstić information content (AvgIpc) is 2.63. The second kappa shape index (κ2) is 4.57. The molecule has 1 heterocycles. The van der Waals surface area contributed by atoms with Crippen LogP contribution in [0.4, 0.5) is 0 Å². The van der Waals surface area contributed by atoms with Crippen LogP contribution >= 0.6 is 23.3 Å². The summed E-state index contributed by atoms with van der Waals surface area (Å²) in [5.74, 6) is 0.941. The highest BCUT2D eigenvalue weighted by Crippen LogP contribution is 2.20. The van der Waals surface area contributed by atoms with Gasteiger partial charge >= 0.3 is 0 Å². The molecule has 0 N–H and O–H groups in total. The Labute approximate surface area is 91.6 Å². The van der Waals surface area contributed by atoms with Gasteiger partial charge in [-0.15, -0.1) is 0 Å². The minimum atomic E-state index is 0.886. The van der Waals surface area contributed by atoms with Crippen molar-refractivity contribution < 1.29 is 0 Å². The van der Waals surface area contributed by atoms with Gasteiger partial charge < -0.3 is 0 Å². The molecule has 0 aliphatic heterocycles. The molecule has 72 valence electrons. The van der Waals surface area contributed by atoms with Crippen molar-refractivity contribution >= 4 is 23.3 Å². The molecule has 0 spiro atoms. The fourth-order valence-electron chi connectivity index (χ4n) is 1.06. The highest BCUT2D eigenvalue weighted by Gasteiger charge is 2.00. The fourth-order valence-corrected chi connectivity index (χ4v) is 2.51. The number of aromatic nitrogens is 2. The summed E-state index contributed by atoms with van der Waals surface area (Å²) in [6.45, 7) is 1.98. The molecule has 0 atom stereocenters. The maximum Gasteiger partial charge on any atom is 0.200 e. The van der Waals surface area contributed by atoms with Crippen molar-refractivity contribution in [3.63, 3.8) is 0 Å². The Morgan fingerprint density at radius 1 is 1.29 bits per heavy atom. The van der Waals surface area contributed by atoms with Gasteiger partial charge in [-0.25, -0.2) is 4.98 Å². The third-order valence-electron chi connectivity index (χ3n) is 1.72. The minimum Gasteiger partial charge on any atom is -0.215 e. The molecule has 2 rings (SSSR count). The predicted molar refractivity (Wildman–Crippen MR) is 60.6 cm³/mol. The predicted octanol–water partition coefficient (Wildman–Crippen LogP) is 3.14. The molecule has 0 unspecified atom stereocenters. The second-order valence-electron chi connectivity index (χ2n) is 2.87. The van der Waals surface area contributed by atoms with Crippen molar-refractivity contribution in [3.8, 4) is 0 Å². The third kappa shape index (κ3) is 2.56. The van der Waals surface area contributed by atoms with Crippen molar-refractivity contribution in [1.29, 1.82) is 0 Å². The lowest BCUT2D eigenvalue weighted by Crippen LogP contribution is -1.80. The van der Waals surface area contributed by atoms with E-state index in [1.807, 2.05) is 13.0 Å². The number of rotatable bonds is 3. The molecular weight excluding hydrogens is 212 g/mol. The summed E-state index contributed by atoms with van der Waals surface area (Å²) < 4.78 is 4.22. The number of benzene rings is 1. The number of nitrogens with zero attached hydrogens (tertiary/aromatic N) is 2. The van der Waals surface area contributed by atoms with E-state index in [1.54, 1.807) is 11.8 Å². The quantitative estimate of drug-likeness (QED) is 0.746. The van der Waals surface area contributed by atoms with Gasteiger partial charge in [0.2, 0.25) is 5.16 Å². The summed E-state index contributed by atoms with van der Waals surface area (Å²) in [6.07, 6.45) is 0. The monoisotopic (exact) mass is 222 g/mol. The van der Waals surface area contributed by atoms with Gasteiger partial charge in [-0.2, -0.15) is 4.37 Å². The van der Waals surface area contributed by atoms with Crippen LogP contribution in [0.15, 0.2) is 35.5 Å². The molecule has 1 aromatic carbocycles. The largest absolute Gasteiger partial charge is 0.215 e. The van der Waals surface area contributed by atoms with Crippen molar-refractivity contribution in [2.45, 2.75) is 17.8 Å². The first-order valence-corrected chi connectivity index (χ1v) is 6.07. The summed E-state index contributed by atoms with van der Waals surface area (Å²) in [7, 11) is 0. The molecule has 2 nitrogen and oxygen atoms in total. The lowest BCUT2D eigenvalue weighted by atomic mass is 10.2. The molecule has 0 bridgehead atoms. The molecule has 0 saturated carbocycles. The number of thioether (sulfide) groups is 1. The lowest BCUT2D eigenvalue weighted by Gasteiger charge is -1.96. The van der Waals surface area contributed by atoms with E-state index < -0.39 is 0 Å². The molecule has 0 aliphatic carbocycles. The van der Waals surface area contributed by atoms with E-state index in [4.69, 9.17) is 0 Å².